The summed E-state index contributed by atoms with van der Waals surface area (Å²) in [4.78, 5) is 7.10. The van der Waals surface area contributed by atoms with Crippen LogP contribution in [0.5, 0.6) is 0 Å². The molecule has 0 aromatic rings. The monoisotopic (exact) mass is 90.0 g/mol. The van der Waals surface area contributed by atoms with Crippen LogP contribution in [0.2, 0.25) is 0 Å². The van der Waals surface area contributed by atoms with Gasteiger partial charge in [0.2, 0.25) is 0 Å². The molecule has 1 N–H and O–H groups in total. The van der Waals surface area contributed by atoms with Crippen LogP contribution in [0.1, 0.15) is 0 Å². The molecule has 0 spiro atoms. The fraction of sp³-hybridized carbons (Fsp3) is 0. The molecule has 0 aliphatic carbocycles. The molecule has 0 aliphatic rings. The Labute approximate surface area is 47.8 Å². The molecular weight excluding hydrogens is 86.0 g/mol. The molecule has 0 aromatic carbocycles. The second-order valence-corrected chi connectivity index (χ2v) is 0.316. The van der Waals surface area contributed by atoms with E-state index in [0.717, 1.165) is 0 Å². The van der Waals surface area contributed by atoms with Gasteiger partial charge < -0.3 is 4.89 Å². The molecule has 1 atom stereocenters. The van der Waals surface area contributed by atoms with Gasteiger partial charge in [-0.2, -0.15) is 0 Å². The van der Waals surface area contributed by atoms with E-state index in [9.17, 15) is 0 Å². The van der Waals surface area contributed by atoms with Crippen LogP contribution in [0, 0.1) is 0 Å². The van der Waals surface area contributed by atoms with E-state index in [1.54, 1.807) is 0 Å². The maximum absolute atomic E-state index is 8.57. The van der Waals surface area contributed by atoms with Crippen LogP contribution in [0.15, 0.2) is 0 Å². The average molecular weight is 90.0 g/mol. The van der Waals surface area contributed by atoms with E-state index < -0.39 is 8.69 Å². The molecule has 0 fully saturated rings. The van der Waals surface area contributed by atoms with Crippen molar-refractivity contribution in [2.45, 2.75) is 0 Å². The number of hydrogen-bond donors (Lipinski definition) is 1. The molecule has 4 heavy (non-hydrogen) atoms. The van der Waals surface area contributed by atoms with Crippen LogP contribution >= 0.6 is 8.69 Å². The molecule has 0 aliphatic heterocycles. The molecule has 0 bridgehead atoms. The molecular formula is H4NaO2P. The minimum atomic E-state index is -1.50. The molecule has 0 rings (SSSR count). The Morgan fingerprint density at radius 1 is 1.75 bits per heavy atom. The second-order valence-electron chi connectivity index (χ2n) is 0.105. The molecule has 22 valence electrons. The summed E-state index contributed by atoms with van der Waals surface area (Å²) < 4.78 is 8.57. The maximum atomic E-state index is 8.57. The van der Waals surface area contributed by atoms with E-state index in [1.165, 1.54) is 0 Å². The van der Waals surface area contributed by atoms with Gasteiger partial charge in [-0.05, 0) is 0 Å². The molecule has 0 aromatic heterocycles. The van der Waals surface area contributed by atoms with Crippen molar-refractivity contribution in [1.29, 1.82) is 0 Å². The van der Waals surface area contributed by atoms with E-state index in [0.29, 0.717) is 0 Å². The van der Waals surface area contributed by atoms with Gasteiger partial charge in [0.25, 0.3) is 0 Å². The van der Waals surface area contributed by atoms with Crippen LogP contribution in [0.3, 0.4) is 0 Å². The summed E-state index contributed by atoms with van der Waals surface area (Å²) in [6, 6.07) is 0. The first-order valence-electron chi connectivity index (χ1n) is 0.494. The molecule has 1 unspecified atom stereocenters. The number of rotatable bonds is 0. The summed E-state index contributed by atoms with van der Waals surface area (Å²) in [5, 5.41) is 0. The third-order valence-corrected chi connectivity index (χ3v) is 0. The normalized spacial score (nSPS) is 7.25. The van der Waals surface area contributed by atoms with E-state index in [-0.39, 0.29) is 29.6 Å². The van der Waals surface area contributed by atoms with E-state index in [2.05, 4.69) is 0 Å². The van der Waals surface area contributed by atoms with Gasteiger partial charge in [0.15, 0.2) is 8.69 Å². The topological polar surface area (TPSA) is 37.3 Å². The Hall–Kier alpha value is 1.19. The third-order valence-electron chi connectivity index (χ3n) is 0. The van der Waals surface area contributed by atoms with Crippen molar-refractivity contribution in [1.82, 2.24) is 0 Å². The molecule has 0 radical (unpaired) electrons. The van der Waals surface area contributed by atoms with Crippen LogP contribution in [-0.4, -0.2) is 34.5 Å². The van der Waals surface area contributed by atoms with Crippen LogP contribution in [-0.2, 0) is 4.57 Å². The van der Waals surface area contributed by atoms with Crippen LogP contribution in [0.4, 0.5) is 0 Å². The van der Waals surface area contributed by atoms with E-state index in [1.807, 2.05) is 0 Å². The quantitative estimate of drug-likeness (QED) is 0.306. The fourth-order valence-electron chi connectivity index (χ4n) is 0. The molecule has 4 heteroatoms. The molecule has 0 amide bonds. The Kier molecular flexibility index (Phi) is 19.9. The van der Waals surface area contributed by atoms with Crippen LogP contribution in [0.25, 0.3) is 0 Å². The molecule has 0 saturated heterocycles. The number of hydrogen-bond acceptors (Lipinski definition) is 1. The van der Waals surface area contributed by atoms with Gasteiger partial charge in [-0.15, -0.1) is 0 Å². The van der Waals surface area contributed by atoms with Gasteiger partial charge in [-0.25, -0.2) is 0 Å². The first-order chi connectivity index (χ1) is 1.41. The third kappa shape index (κ3) is 10.8. The van der Waals surface area contributed by atoms with Crippen molar-refractivity contribution in [2.24, 2.45) is 0 Å². The van der Waals surface area contributed by atoms with Gasteiger partial charge in [-0.3, -0.25) is 4.57 Å². The zero-order valence-corrected chi connectivity index (χ0v) is 2.59. The zero-order chi connectivity index (χ0) is 2.71. The van der Waals surface area contributed by atoms with Gasteiger partial charge in [0.1, 0.15) is 0 Å². The van der Waals surface area contributed by atoms with Gasteiger partial charge in [0, 0.05) is 0 Å². The summed E-state index contributed by atoms with van der Waals surface area (Å²) >= 11 is 0. The summed E-state index contributed by atoms with van der Waals surface area (Å²) in [5.41, 5.74) is 0. The van der Waals surface area contributed by atoms with Crippen molar-refractivity contribution in [3.63, 3.8) is 0 Å². The summed E-state index contributed by atoms with van der Waals surface area (Å²) in [6.45, 7) is 0. The Morgan fingerprint density at radius 2 is 1.75 bits per heavy atom. The zero-order valence-electron chi connectivity index (χ0n) is 1.43. The molecule has 0 saturated carbocycles. The van der Waals surface area contributed by atoms with Crippen molar-refractivity contribution in [3.8, 4) is 0 Å². The molecule has 2 nitrogen and oxygen atoms in total. The van der Waals surface area contributed by atoms with Gasteiger partial charge >= 0.3 is 29.6 Å². The first kappa shape index (κ1) is 8.95. The SMILES string of the molecule is O=[PH2]O.[NaH]. The van der Waals surface area contributed by atoms with Gasteiger partial charge in [-0.1, -0.05) is 0 Å². The summed E-state index contributed by atoms with van der Waals surface area (Å²) in [6.07, 6.45) is 0. The van der Waals surface area contributed by atoms with E-state index >= 15 is 0 Å². The second kappa shape index (κ2) is 8.89. The Morgan fingerprint density at radius 3 is 1.75 bits per heavy atom. The van der Waals surface area contributed by atoms with Gasteiger partial charge in [0.05, 0.1) is 0 Å². The summed E-state index contributed by atoms with van der Waals surface area (Å²) in [5.74, 6) is 0. The van der Waals surface area contributed by atoms with Crippen molar-refractivity contribution < 1.29 is 9.46 Å². The predicted molar refractivity (Wildman–Crippen MR) is 19.8 cm³/mol. The van der Waals surface area contributed by atoms with E-state index in [4.69, 9.17) is 9.46 Å². The first-order valence-corrected chi connectivity index (χ1v) is 1.48. The van der Waals surface area contributed by atoms with Crippen molar-refractivity contribution >= 4 is 38.2 Å². The Balaban J connectivity index is 0. The minimum absolute atomic E-state index is 0. The van der Waals surface area contributed by atoms with Crippen LogP contribution < -0.4 is 0 Å². The fourth-order valence-corrected chi connectivity index (χ4v) is 0. The van der Waals surface area contributed by atoms with Crippen molar-refractivity contribution in [2.75, 3.05) is 0 Å². The van der Waals surface area contributed by atoms with Crippen molar-refractivity contribution in [3.05, 3.63) is 0 Å². The Bertz CT molecular complexity index is 13.5. The predicted octanol–water partition coefficient (Wildman–Crippen LogP) is -0.999. The average Bonchev–Trinajstić information content (AvgIpc) is 0.918. The molecule has 0 heterocycles. The summed E-state index contributed by atoms with van der Waals surface area (Å²) in [7, 11) is -1.50. The standard InChI is InChI=1S/Na.H3O2P.H/c;1-3-2;/h;3H2,(H,1,2);.